The lowest BCUT2D eigenvalue weighted by Crippen LogP contribution is -2.11. The predicted molar refractivity (Wildman–Crippen MR) is 73.5 cm³/mol. The normalized spacial score (nSPS) is 11.9. The van der Waals surface area contributed by atoms with Gasteiger partial charge in [0.1, 0.15) is 0 Å². The number of benzene rings is 1. The van der Waals surface area contributed by atoms with E-state index in [1.807, 2.05) is 6.07 Å². The van der Waals surface area contributed by atoms with E-state index in [-0.39, 0.29) is 18.4 Å². The van der Waals surface area contributed by atoms with Crippen molar-refractivity contribution in [3.05, 3.63) is 57.3 Å². The van der Waals surface area contributed by atoms with Crippen molar-refractivity contribution < 1.29 is 0 Å². The van der Waals surface area contributed by atoms with Gasteiger partial charge < -0.3 is 5.73 Å². The number of hydrogen-bond donors (Lipinski definition) is 1. The van der Waals surface area contributed by atoms with Crippen LogP contribution >= 0.6 is 23.7 Å². The topological polar surface area (TPSA) is 26.0 Å². The maximum Gasteiger partial charge on any atom is 0.0648 e. The van der Waals surface area contributed by atoms with E-state index in [9.17, 15) is 0 Å². The minimum Gasteiger partial charge on any atom is -0.320 e. The molecule has 0 unspecified atom stereocenters. The van der Waals surface area contributed by atoms with Crippen LogP contribution in [0.2, 0.25) is 0 Å². The molecule has 0 aliphatic heterocycles. The maximum atomic E-state index is 6.22. The lowest BCUT2D eigenvalue weighted by atomic mass is 9.99. The van der Waals surface area contributed by atoms with E-state index in [1.54, 1.807) is 11.3 Å². The molecule has 0 radical (unpaired) electrons. The maximum absolute atomic E-state index is 6.22. The second kappa shape index (κ2) is 5.48. The molecular weight excluding hydrogens is 238 g/mol. The Kier molecular flexibility index (Phi) is 4.54. The van der Waals surface area contributed by atoms with E-state index in [2.05, 4.69) is 43.5 Å². The highest BCUT2D eigenvalue weighted by atomic mass is 35.5. The van der Waals surface area contributed by atoms with Gasteiger partial charge in [-0.2, -0.15) is 0 Å². The highest BCUT2D eigenvalue weighted by molar-refractivity contribution is 7.10. The molecule has 1 atom stereocenters. The zero-order valence-corrected chi connectivity index (χ0v) is 11.1. The van der Waals surface area contributed by atoms with Gasteiger partial charge >= 0.3 is 0 Å². The van der Waals surface area contributed by atoms with Gasteiger partial charge in [0, 0.05) is 4.88 Å². The summed E-state index contributed by atoms with van der Waals surface area (Å²) in [7, 11) is 0. The summed E-state index contributed by atoms with van der Waals surface area (Å²) in [5, 5.41) is 2.07. The van der Waals surface area contributed by atoms with Crippen LogP contribution in [0.5, 0.6) is 0 Å². The molecule has 2 N–H and O–H groups in total. The minimum absolute atomic E-state index is 0. The Hall–Kier alpha value is -0.830. The number of halogens is 1. The van der Waals surface area contributed by atoms with Crippen LogP contribution in [0.15, 0.2) is 35.7 Å². The fourth-order valence-corrected chi connectivity index (χ4v) is 2.54. The largest absolute Gasteiger partial charge is 0.320 e. The summed E-state index contributed by atoms with van der Waals surface area (Å²) in [6.45, 7) is 4.23. The molecule has 1 nitrogen and oxygen atoms in total. The Balaban J connectivity index is 0.00000128. The molecule has 0 aliphatic rings. The van der Waals surface area contributed by atoms with Crippen LogP contribution < -0.4 is 5.73 Å². The third-order valence-electron chi connectivity index (χ3n) is 2.61. The Labute approximate surface area is 107 Å². The van der Waals surface area contributed by atoms with Crippen molar-refractivity contribution in [1.82, 2.24) is 0 Å². The van der Waals surface area contributed by atoms with Crippen LogP contribution in [0, 0.1) is 13.8 Å². The number of hydrogen-bond acceptors (Lipinski definition) is 2. The van der Waals surface area contributed by atoms with Crippen LogP contribution in [-0.4, -0.2) is 0 Å². The summed E-state index contributed by atoms with van der Waals surface area (Å²) >= 11 is 1.71. The zero-order chi connectivity index (χ0) is 10.8. The van der Waals surface area contributed by atoms with Gasteiger partial charge in [0.25, 0.3) is 0 Å². The van der Waals surface area contributed by atoms with Crippen LogP contribution in [0.1, 0.15) is 27.6 Å². The van der Waals surface area contributed by atoms with Crippen molar-refractivity contribution in [3.8, 4) is 0 Å². The number of aryl methyl sites for hydroxylation is 2. The van der Waals surface area contributed by atoms with Gasteiger partial charge in [-0.1, -0.05) is 29.8 Å². The monoisotopic (exact) mass is 253 g/mol. The summed E-state index contributed by atoms with van der Waals surface area (Å²) in [6.07, 6.45) is 0. The van der Waals surface area contributed by atoms with E-state index < -0.39 is 0 Å². The Morgan fingerprint density at radius 2 is 1.94 bits per heavy atom. The fraction of sp³-hybridized carbons (Fsp3) is 0.231. The first-order valence-electron chi connectivity index (χ1n) is 5.04. The van der Waals surface area contributed by atoms with E-state index in [1.165, 1.54) is 21.6 Å². The highest BCUT2D eigenvalue weighted by Crippen LogP contribution is 2.26. The van der Waals surface area contributed by atoms with Gasteiger partial charge in [-0.25, -0.2) is 0 Å². The first kappa shape index (κ1) is 13.2. The molecule has 0 bridgehead atoms. The highest BCUT2D eigenvalue weighted by Gasteiger charge is 2.11. The molecule has 2 rings (SSSR count). The number of rotatable bonds is 2. The quantitative estimate of drug-likeness (QED) is 0.865. The van der Waals surface area contributed by atoms with Gasteiger partial charge in [0.2, 0.25) is 0 Å². The van der Waals surface area contributed by atoms with Crippen molar-refractivity contribution in [2.75, 3.05) is 0 Å². The Morgan fingerprint density at radius 1 is 1.19 bits per heavy atom. The van der Waals surface area contributed by atoms with Crippen LogP contribution in [0.3, 0.4) is 0 Å². The molecular formula is C13H16ClNS. The van der Waals surface area contributed by atoms with Gasteiger partial charge in [0.05, 0.1) is 6.04 Å². The summed E-state index contributed by atoms with van der Waals surface area (Å²) in [4.78, 5) is 1.22. The van der Waals surface area contributed by atoms with Crippen molar-refractivity contribution in [2.24, 2.45) is 5.73 Å². The molecule has 86 valence electrons. The van der Waals surface area contributed by atoms with E-state index >= 15 is 0 Å². The van der Waals surface area contributed by atoms with Gasteiger partial charge in [-0.3, -0.25) is 0 Å². The summed E-state index contributed by atoms with van der Waals surface area (Å²) in [5.74, 6) is 0. The first-order chi connectivity index (χ1) is 7.18. The molecule has 16 heavy (non-hydrogen) atoms. The Morgan fingerprint density at radius 3 is 2.50 bits per heavy atom. The predicted octanol–water partition coefficient (Wildman–Crippen LogP) is 3.83. The second-order valence-corrected chi connectivity index (χ2v) is 4.83. The molecule has 0 amide bonds. The third kappa shape index (κ3) is 2.64. The van der Waals surface area contributed by atoms with E-state index in [0.29, 0.717) is 0 Å². The third-order valence-corrected chi connectivity index (χ3v) is 3.57. The van der Waals surface area contributed by atoms with Crippen LogP contribution in [-0.2, 0) is 0 Å². The summed E-state index contributed by atoms with van der Waals surface area (Å²) < 4.78 is 0. The van der Waals surface area contributed by atoms with Crippen molar-refractivity contribution >= 4 is 23.7 Å². The molecule has 1 aromatic heterocycles. The molecule has 2 aromatic rings. The van der Waals surface area contributed by atoms with Crippen molar-refractivity contribution in [2.45, 2.75) is 19.9 Å². The molecule has 0 saturated heterocycles. The standard InChI is InChI=1S/C13H15NS.ClH/c1-9-5-6-11(10(2)8-9)13(14)12-4-3-7-15-12;/h3-8,13H,14H2,1-2H3;1H/t13-;/m0./s1. The first-order valence-corrected chi connectivity index (χ1v) is 5.92. The lowest BCUT2D eigenvalue weighted by molar-refractivity contribution is 0.881. The lowest BCUT2D eigenvalue weighted by Gasteiger charge is -2.13. The van der Waals surface area contributed by atoms with E-state index in [0.717, 1.165) is 0 Å². The molecule has 3 heteroatoms. The Bertz CT molecular complexity index is 451. The average Bonchev–Trinajstić information content (AvgIpc) is 2.69. The van der Waals surface area contributed by atoms with Gasteiger partial charge in [-0.15, -0.1) is 23.7 Å². The average molecular weight is 254 g/mol. The molecule has 0 spiro atoms. The fourth-order valence-electron chi connectivity index (χ4n) is 1.80. The molecule has 1 aromatic carbocycles. The minimum atomic E-state index is 0. The SMILES string of the molecule is Cc1ccc([C@H](N)c2cccs2)c(C)c1.Cl. The zero-order valence-electron chi connectivity index (χ0n) is 9.44. The van der Waals surface area contributed by atoms with Crippen LogP contribution in [0.25, 0.3) is 0 Å². The molecule has 0 fully saturated rings. The smallest absolute Gasteiger partial charge is 0.0648 e. The molecule has 0 aliphatic carbocycles. The molecule has 1 heterocycles. The van der Waals surface area contributed by atoms with Gasteiger partial charge in [-0.05, 0) is 36.4 Å². The van der Waals surface area contributed by atoms with Crippen molar-refractivity contribution in [1.29, 1.82) is 0 Å². The van der Waals surface area contributed by atoms with Crippen LogP contribution in [0.4, 0.5) is 0 Å². The van der Waals surface area contributed by atoms with E-state index in [4.69, 9.17) is 5.73 Å². The van der Waals surface area contributed by atoms with Crippen molar-refractivity contribution in [3.63, 3.8) is 0 Å². The van der Waals surface area contributed by atoms with Gasteiger partial charge in [0.15, 0.2) is 0 Å². The second-order valence-electron chi connectivity index (χ2n) is 3.85. The number of thiophene rings is 1. The summed E-state index contributed by atoms with van der Waals surface area (Å²) in [6, 6.07) is 10.6. The number of nitrogens with two attached hydrogens (primary N) is 1. The summed E-state index contributed by atoms with van der Waals surface area (Å²) in [5.41, 5.74) is 10.0. The molecule has 0 saturated carbocycles.